The molecule has 2 fully saturated rings. The summed E-state index contributed by atoms with van der Waals surface area (Å²) in [5.41, 5.74) is 6.38. The zero-order chi connectivity index (χ0) is 16.9. The summed E-state index contributed by atoms with van der Waals surface area (Å²) in [5.74, 6) is 0.251. The number of hydrogen-bond donors (Lipinski definition) is 3. The minimum Gasteiger partial charge on any atom is -0.352 e. The van der Waals surface area contributed by atoms with Crippen LogP contribution in [0.15, 0.2) is 12.4 Å². The summed E-state index contributed by atoms with van der Waals surface area (Å²) in [7, 11) is 0. The van der Waals surface area contributed by atoms with E-state index >= 15 is 0 Å². The van der Waals surface area contributed by atoms with Gasteiger partial charge < -0.3 is 16.4 Å². The van der Waals surface area contributed by atoms with Gasteiger partial charge in [0.05, 0.1) is 11.9 Å². The lowest BCUT2D eigenvalue weighted by molar-refractivity contribution is -0.122. The second-order valence-electron chi connectivity index (χ2n) is 7.00. The third kappa shape index (κ3) is 5.19. The van der Waals surface area contributed by atoms with Gasteiger partial charge in [-0.2, -0.15) is 5.10 Å². The van der Waals surface area contributed by atoms with Gasteiger partial charge in [-0.3, -0.25) is 14.3 Å². The Morgan fingerprint density at radius 2 is 1.96 bits per heavy atom. The summed E-state index contributed by atoms with van der Waals surface area (Å²) in [6.07, 6.45) is 10.8. The van der Waals surface area contributed by atoms with Crippen LogP contribution >= 0.6 is 12.4 Å². The van der Waals surface area contributed by atoms with E-state index in [1.54, 1.807) is 17.1 Å². The van der Waals surface area contributed by atoms with Crippen LogP contribution < -0.4 is 16.4 Å². The number of nitrogens with zero attached hydrogens (tertiary/aromatic N) is 2. The third-order valence-corrected chi connectivity index (χ3v) is 5.23. The van der Waals surface area contributed by atoms with Crippen LogP contribution in [0.3, 0.4) is 0 Å². The van der Waals surface area contributed by atoms with E-state index in [1.807, 2.05) is 0 Å². The monoisotopic (exact) mass is 369 g/mol. The Kier molecular flexibility index (Phi) is 7.25. The molecule has 4 N–H and O–H groups in total. The second kappa shape index (κ2) is 9.20. The van der Waals surface area contributed by atoms with Gasteiger partial charge in [0.2, 0.25) is 11.8 Å². The van der Waals surface area contributed by atoms with Crippen LogP contribution in [0, 0.1) is 11.8 Å². The molecule has 25 heavy (non-hydrogen) atoms. The lowest BCUT2D eigenvalue weighted by Crippen LogP contribution is -2.35. The van der Waals surface area contributed by atoms with Gasteiger partial charge in [-0.25, -0.2) is 0 Å². The van der Waals surface area contributed by atoms with Crippen molar-refractivity contribution in [2.45, 2.75) is 57.5 Å². The quantitative estimate of drug-likeness (QED) is 0.709. The van der Waals surface area contributed by atoms with Crippen LogP contribution in [0.5, 0.6) is 0 Å². The van der Waals surface area contributed by atoms with Crippen molar-refractivity contribution in [2.75, 3.05) is 11.9 Å². The molecule has 1 aromatic heterocycles. The number of carbonyl (C=O) groups excluding carboxylic acids is 2. The molecule has 0 bridgehead atoms. The van der Waals surface area contributed by atoms with Gasteiger partial charge in [-0.1, -0.05) is 19.3 Å². The average Bonchev–Trinajstić information content (AvgIpc) is 3.28. The molecule has 2 aliphatic rings. The summed E-state index contributed by atoms with van der Waals surface area (Å²) in [6, 6.07) is 0.308. The first-order valence-electron chi connectivity index (χ1n) is 8.98. The van der Waals surface area contributed by atoms with Crippen LogP contribution in [0.4, 0.5) is 5.69 Å². The number of carbonyl (C=O) groups is 2. The molecule has 140 valence electrons. The SMILES string of the molecule is Cl.NC[C@H]1CCC[C@H]1C(=O)Nc1cnn(CC(=O)NC2CCCC2)c1. The molecule has 2 atom stereocenters. The first-order chi connectivity index (χ1) is 11.7. The Bertz CT molecular complexity index is 585. The fourth-order valence-corrected chi connectivity index (χ4v) is 3.90. The number of anilines is 1. The van der Waals surface area contributed by atoms with E-state index < -0.39 is 0 Å². The van der Waals surface area contributed by atoms with Crippen molar-refractivity contribution in [2.24, 2.45) is 17.6 Å². The highest BCUT2D eigenvalue weighted by molar-refractivity contribution is 5.92. The molecule has 0 aromatic carbocycles. The van der Waals surface area contributed by atoms with Gasteiger partial charge in [0, 0.05) is 18.2 Å². The Balaban J connectivity index is 0.00000225. The van der Waals surface area contributed by atoms with Gasteiger partial charge in [-0.05, 0) is 38.1 Å². The molecular weight excluding hydrogens is 342 g/mol. The summed E-state index contributed by atoms with van der Waals surface area (Å²) >= 11 is 0. The molecule has 0 spiro atoms. The van der Waals surface area contributed by atoms with E-state index in [0.717, 1.165) is 32.1 Å². The molecule has 7 nitrogen and oxygen atoms in total. The lowest BCUT2D eigenvalue weighted by atomic mass is 9.95. The highest BCUT2D eigenvalue weighted by Crippen LogP contribution is 2.31. The summed E-state index contributed by atoms with van der Waals surface area (Å²) in [6.45, 7) is 0.736. The van der Waals surface area contributed by atoms with Gasteiger partial charge in [0.1, 0.15) is 6.54 Å². The van der Waals surface area contributed by atoms with E-state index in [1.165, 1.54) is 12.8 Å². The van der Waals surface area contributed by atoms with Crippen molar-refractivity contribution in [3.63, 3.8) is 0 Å². The molecule has 1 aromatic rings. The second-order valence-corrected chi connectivity index (χ2v) is 7.00. The normalized spacial score (nSPS) is 23.2. The first-order valence-corrected chi connectivity index (χ1v) is 8.98. The molecule has 0 saturated heterocycles. The van der Waals surface area contributed by atoms with Crippen molar-refractivity contribution in [3.8, 4) is 0 Å². The summed E-state index contributed by atoms with van der Waals surface area (Å²) < 4.78 is 1.56. The largest absolute Gasteiger partial charge is 0.352 e. The molecule has 2 amide bonds. The molecular formula is C17H28ClN5O2. The lowest BCUT2D eigenvalue weighted by Gasteiger charge is -2.16. The van der Waals surface area contributed by atoms with Crippen LogP contribution in [0.25, 0.3) is 0 Å². The zero-order valence-corrected chi connectivity index (χ0v) is 15.3. The van der Waals surface area contributed by atoms with Crippen LogP contribution in [-0.2, 0) is 16.1 Å². The molecule has 0 aliphatic heterocycles. The van der Waals surface area contributed by atoms with Crippen LogP contribution in [-0.4, -0.2) is 34.2 Å². The number of halogens is 1. The van der Waals surface area contributed by atoms with Gasteiger partial charge >= 0.3 is 0 Å². The van der Waals surface area contributed by atoms with Crippen molar-refractivity contribution >= 4 is 29.9 Å². The maximum Gasteiger partial charge on any atom is 0.241 e. The predicted octanol–water partition coefficient (Wildman–Crippen LogP) is 1.68. The number of aromatic nitrogens is 2. The highest BCUT2D eigenvalue weighted by Gasteiger charge is 2.32. The molecule has 1 heterocycles. The predicted molar refractivity (Wildman–Crippen MR) is 98.4 cm³/mol. The van der Waals surface area contributed by atoms with E-state index in [-0.39, 0.29) is 42.6 Å². The minimum atomic E-state index is -0.0261. The number of amides is 2. The Hall–Kier alpha value is -1.60. The molecule has 2 aliphatic carbocycles. The smallest absolute Gasteiger partial charge is 0.241 e. The summed E-state index contributed by atoms with van der Waals surface area (Å²) in [4.78, 5) is 24.4. The van der Waals surface area contributed by atoms with Crippen LogP contribution in [0.1, 0.15) is 44.9 Å². The Labute approximate surface area is 154 Å². The Morgan fingerprint density at radius 1 is 1.20 bits per heavy atom. The van der Waals surface area contributed by atoms with E-state index in [9.17, 15) is 9.59 Å². The maximum atomic E-state index is 12.4. The molecule has 3 rings (SSSR count). The standard InChI is InChI=1S/C17H27N5O2.ClH/c18-8-12-4-3-7-15(12)17(24)21-14-9-19-22(10-14)11-16(23)20-13-5-1-2-6-13;/h9-10,12-13,15H,1-8,11,18H2,(H,20,23)(H,21,24);1H/t12-,15-;/m1./s1. The van der Waals surface area contributed by atoms with E-state index in [4.69, 9.17) is 5.73 Å². The first kappa shape index (κ1) is 19.7. The van der Waals surface area contributed by atoms with Crippen molar-refractivity contribution in [3.05, 3.63) is 12.4 Å². The third-order valence-electron chi connectivity index (χ3n) is 5.23. The van der Waals surface area contributed by atoms with Crippen molar-refractivity contribution in [1.29, 1.82) is 0 Å². The zero-order valence-electron chi connectivity index (χ0n) is 14.4. The molecule has 0 unspecified atom stereocenters. The average molecular weight is 370 g/mol. The minimum absolute atomic E-state index is 0. The fourth-order valence-electron chi connectivity index (χ4n) is 3.90. The topological polar surface area (TPSA) is 102 Å². The van der Waals surface area contributed by atoms with Gasteiger partial charge in [0.25, 0.3) is 0 Å². The Morgan fingerprint density at radius 3 is 2.68 bits per heavy atom. The van der Waals surface area contributed by atoms with E-state index in [0.29, 0.717) is 18.3 Å². The molecule has 0 radical (unpaired) electrons. The van der Waals surface area contributed by atoms with Crippen molar-refractivity contribution in [1.82, 2.24) is 15.1 Å². The van der Waals surface area contributed by atoms with E-state index in [2.05, 4.69) is 15.7 Å². The van der Waals surface area contributed by atoms with Gasteiger partial charge in [0.15, 0.2) is 0 Å². The number of hydrogen-bond acceptors (Lipinski definition) is 4. The molecule has 2 saturated carbocycles. The summed E-state index contributed by atoms with van der Waals surface area (Å²) in [5, 5.41) is 10.1. The molecule has 8 heteroatoms. The number of nitrogens with one attached hydrogen (secondary N) is 2. The number of rotatable bonds is 6. The van der Waals surface area contributed by atoms with Gasteiger partial charge in [-0.15, -0.1) is 12.4 Å². The van der Waals surface area contributed by atoms with Crippen molar-refractivity contribution < 1.29 is 9.59 Å². The fraction of sp³-hybridized carbons (Fsp3) is 0.706. The van der Waals surface area contributed by atoms with Crippen LogP contribution in [0.2, 0.25) is 0 Å². The number of nitrogens with two attached hydrogens (primary N) is 1. The highest BCUT2D eigenvalue weighted by atomic mass is 35.5. The maximum absolute atomic E-state index is 12.4.